The van der Waals surface area contributed by atoms with E-state index in [2.05, 4.69) is 15.3 Å². The maximum absolute atomic E-state index is 12.8. The number of ether oxygens (including phenoxy) is 2. The second-order valence-corrected chi connectivity index (χ2v) is 6.85. The van der Waals surface area contributed by atoms with Gasteiger partial charge in [-0.05, 0) is 37.1 Å². The van der Waals surface area contributed by atoms with Crippen LogP contribution in [-0.4, -0.2) is 30.1 Å². The van der Waals surface area contributed by atoms with Gasteiger partial charge in [0.25, 0.3) is 5.91 Å². The zero-order valence-corrected chi connectivity index (χ0v) is 17.1. The van der Waals surface area contributed by atoms with Gasteiger partial charge in [0.15, 0.2) is 5.82 Å². The summed E-state index contributed by atoms with van der Waals surface area (Å²) >= 11 is 1.30. The van der Waals surface area contributed by atoms with Crippen LogP contribution >= 0.6 is 23.7 Å². The molecule has 0 saturated heterocycles. The van der Waals surface area contributed by atoms with E-state index in [0.29, 0.717) is 32.8 Å². The highest BCUT2D eigenvalue weighted by molar-refractivity contribution is 7.20. The van der Waals surface area contributed by atoms with Crippen molar-refractivity contribution in [2.45, 2.75) is 20.5 Å². The number of amides is 1. The van der Waals surface area contributed by atoms with E-state index in [1.165, 1.54) is 11.3 Å². The van der Waals surface area contributed by atoms with Crippen molar-refractivity contribution in [2.24, 2.45) is 0 Å². The van der Waals surface area contributed by atoms with E-state index in [4.69, 9.17) is 15.2 Å². The summed E-state index contributed by atoms with van der Waals surface area (Å²) in [4.78, 5) is 22.9. The minimum Gasteiger partial charge on any atom is -0.480 e. The van der Waals surface area contributed by atoms with Crippen molar-refractivity contribution in [2.75, 3.05) is 25.3 Å². The van der Waals surface area contributed by atoms with Crippen LogP contribution in [0.1, 0.15) is 26.6 Å². The first-order valence-electron chi connectivity index (χ1n) is 7.95. The van der Waals surface area contributed by atoms with Crippen LogP contribution in [0.25, 0.3) is 10.2 Å². The van der Waals surface area contributed by atoms with Crippen molar-refractivity contribution in [1.82, 2.24) is 9.97 Å². The third-order valence-electron chi connectivity index (χ3n) is 3.99. The van der Waals surface area contributed by atoms with Crippen molar-refractivity contribution in [3.8, 4) is 5.88 Å². The molecule has 0 aliphatic heterocycles. The number of aromatic nitrogens is 2. The average Bonchev–Trinajstić information content (AvgIpc) is 2.94. The van der Waals surface area contributed by atoms with E-state index in [1.54, 1.807) is 26.4 Å². The van der Waals surface area contributed by atoms with Crippen LogP contribution in [0.2, 0.25) is 0 Å². The van der Waals surface area contributed by atoms with Gasteiger partial charge in [-0.15, -0.1) is 23.7 Å². The summed E-state index contributed by atoms with van der Waals surface area (Å²) in [7, 11) is 3.12. The molecule has 0 unspecified atom stereocenters. The molecule has 1 aromatic carbocycles. The van der Waals surface area contributed by atoms with Gasteiger partial charge in [0.05, 0.1) is 17.4 Å². The molecule has 0 saturated carbocycles. The van der Waals surface area contributed by atoms with Crippen LogP contribution in [0.3, 0.4) is 0 Å². The molecule has 0 bridgehead atoms. The van der Waals surface area contributed by atoms with E-state index in [0.717, 1.165) is 16.5 Å². The third kappa shape index (κ3) is 4.13. The maximum atomic E-state index is 12.8. The third-order valence-corrected chi connectivity index (χ3v) is 5.17. The molecule has 144 valence electrons. The van der Waals surface area contributed by atoms with Gasteiger partial charge in [0.2, 0.25) is 5.88 Å². The van der Waals surface area contributed by atoms with Crippen molar-refractivity contribution in [3.63, 3.8) is 0 Å². The zero-order chi connectivity index (χ0) is 18.8. The van der Waals surface area contributed by atoms with E-state index < -0.39 is 0 Å². The monoisotopic (exact) mass is 408 g/mol. The molecule has 2 aromatic heterocycles. The quantitative estimate of drug-likeness (QED) is 0.624. The number of nitrogen functional groups attached to an aromatic ring is 1. The highest BCUT2D eigenvalue weighted by atomic mass is 35.5. The number of rotatable bonds is 5. The molecule has 0 aliphatic carbocycles. The first kappa shape index (κ1) is 20.9. The van der Waals surface area contributed by atoms with Gasteiger partial charge < -0.3 is 20.5 Å². The Hall–Kier alpha value is -2.42. The van der Waals surface area contributed by atoms with Crippen molar-refractivity contribution in [3.05, 3.63) is 40.0 Å². The molecule has 3 N–H and O–H groups in total. The van der Waals surface area contributed by atoms with Crippen LogP contribution in [0.15, 0.2) is 18.2 Å². The molecule has 2 heterocycles. The number of benzene rings is 1. The Kier molecular flexibility index (Phi) is 6.59. The Labute approximate surface area is 167 Å². The van der Waals surface area contributed by atoms with Crippen LogP contribution in [-0.2, 0) is 11.3 Å². The molecule has 7 nitrogen and oxygen atoms in total. The Morgan fingerprint density at radius 2 is 2.00 bits per heavy atom. The van der Waals surface area contributed by atoms with Gasteiger partial charge in [0.1, 0.15) is 11.4 Å². The number of halogens is 1. The summed E-state index contributed by atoms with van der Waals surface area (Å²) in [6.07, 6.45) is 0. The first-order valence-corrected chi connectivity index (χ1v) is 8.76. The summed E-state index contributed by atoms with van der Waals surface area (Å²) in [5.74, 6) is 0.737. The molecule has 0 spiro atoms. The molecule has 0 atom stereocenters. The first-order chi connectivity index (χ1) is 12.4. The topological polar surface area (TPSA) is 99.4 Å². The van der Waals surface area contributed by atoms with Gasteiger partial charge in [-0.1, -0.05) is 6.07 Å². The maximum Gasteiger partial charge on any atom is 0.266 e. The number of thiophene rings is 1. The number of aryl methyl sites for hydroxylation is 2. The van der Waals surface area contributed by atoms with Gasteiger partial charge in [-0.3, -0.25) is 4.79 Å². The van der Waals surface area contributed by atoms with Crippen LogP contribution in [0, 0.1) is 13.8 Å². The number of carbonyl (C=O) groups excluding carboxylic acids is 1. The Balaban J connectivity index is 0.00000261. The van der Waals surface area contributed by atoms with Crippen molar-refractivity contribution >= 4 is 51.2 Å². The second kappa shape index (κ2) is 8.51. The molecule has 27 heavy (non-hydrogen) atoms. The largest absolute Gasteiger partial charge is 0.480 e. The number of methoxy groups -OCH3 is 2. The predicted molar refractivity (Wildman–Crippen MR) is 110 cm³/mol. The fourth-order valence-electron chi connectivity index (χ4n) is 2.66. The lowest BCUT2D eigenvalue weighted by Gasteiger charge is -2.09. The molecule has 3 aromatic rings. The van der Waals surface area contributed by atoms with Crippen molar-refractivity contribution in [1.29, 1.82) is 0 Å². The highest BCUT2D eigenvalue weighted by Crippen LogP contribution is 2.35. The Morgan fingerprint density at radius 1 is 1.26 bits per heavy atom. The number of nitrogens with one attached hydrogen (secondary N) is 1. The lowest BCUT2D eigenvalue weighted by Crippen LogP contribution is -2.12. The summed E-state index contributed by atoms with van der Waals surface area (Å²) in [5.41, 5.74) is 8.82. The van der Waals surface area contributed by atoms with Crippen LogP contribution in [0.5, 0.6) is 5.88 Å². The molecular formula is C18H21ClN4O3S. The van der Waals surface area contributed by atoms with Gasteiger partial charge in [-0.2, -0.15) is 4.98 Å². The summed E-state index contributed by atoms with van der Waals surface area (Å²) in [6, 6.07) is 5.41. The Bertz CT molecular complexity index is 990. The van der Waals surface area contributed by atoms with Gasteiger partial charge >= 0.3 is 0 Å². The molecule has 0 aliphatic rings. The SMILES string of the molecule is COCc1nc(OC)c2c(C)c(C(=O)Nc3cc(N)ccc3C)sc2n1.Cl. The second-order valence-electron chi connectivity index (χ2n) is 5.85. The molecular weight excluding hydrogens is 388 g/mol. The molecule has 3 rings (SSSR count). The highest BCUT2D eigenvalue weighted by Gasteiger charge is 2.21. The van der Waals surface area contributed by atoms with Crippen LogP contribution < -0.4 is 15.8 Å². The molecule has 0 fully saturated rings. The average molecular weight is 409 g/mol. The number of anilines is 2. The van der Waals surface area contributed by atoms with E-state index in [9.17, 15) is 4.79 Å². The normalized spacial score (nSPS) is 10.5. The molecule has 0 radical (unpaired) electrons. The lowest BCUT2D eigenvalue weighted by atomic mass is 10.1. The lowest BCUT2D eigenvalue weighted by molar-refractivity contribution is 0.103. The minimum atomic E-state index is -0.213. The fraction of sp³-hybridized carbons (Fsp3) is 0.278. The zero-order valence-electron chi connectivity index (χ0n) is 15.5. The van der Waals surface area contributed by atoms with E-state index in [-0.39, 0.29) is 24.9 Å². The standard InChI is InChI=1S/C18H20N4O3S.ClH/c1-9-5-6-11(19)7-12(9)20-16(23)15-10(2)14-17(25-4)21-13(8-24-3)22-18(14)26-15;/h5-7H,8,19H2,1-4H3,(H,20,23);1H. The fourth-order valence-corrected chi connectivity index (χ4v) is 3.74. The summed E-state index contributed by atoms with van der Waals surface area (Å²) in [5, 5.41) is 3.67. The van der Waals surface area contributed by atoms with Gasteiger partial charge in [0, 0.05) is 18.5 Å². The number of carbonyl (C=O) groups is 1. The molecule has 9 heteroatoms. The number of fused-ring (bicyclic) bond motifs is 1. The Morgan fingerprint density at radius 3 is 2.67 bits per heavy atom. The summed E-state index contributed by atoms with van der Waals surface area (Å²) < 4.78 is 10.5. The van der Waals surface area contributed by atoms with Crippen molar-refractivity contribution < 1.29 is 14.3 Å². The molecule has 1 amide bonds. The van der Waals surface area contributed by atoms with E-state index in [1.807, 2.05) is 19.9 Å². The van der Waals surface area contributed by atoms with Gasteiger partial charge in [-0.25, -0.2) is 4.98 Å². The predicted octanol–water partition coefficient (Wildman–Crippen LogP) is 3.72. The van der Waals surface area contributed by atoms with E-state index >= 15 is 0 Å². The minimum absolute atomic E-state index is 0. The van der Waals surface area contributed by atoms with Crippen LogP contribution in [0.4, 0.5) is 11.4 Å². The number of nitrogens with two attached hydrogens (primary N) is 1. The number of hydrogen-bond donors (Lipinski definition) is 2. The number of hydrogen-bond acceptors (Lipinski definition) is 7. The summed E-state index contributed by atoms with van der Waals surface area (Å²) in [6.45, 7) is 4.05. The smallest absolute Gasteiger partial charge is 0.266 e. The number of nitrogens with zero attached hydrogens (tertiary/aromatic N) is 2.